The second-order valence-electron chi connectivity index (χ2n) is 5.69. The van der Waals surface area contributed by atoms with Crippen LogP contribution in [0.3, 0.4) is 0 Å². The molecule has 5 nitrogen and oxygen atoms in total. The van der Waals surface area contributed by atoms with Gasteiger partial charge in [-0.25, -0.2) is 4.79 Å². The molecule has 0 spiro atoms. The van der Waals surface area contributed by atoms with Crippen LogP contribution in [-0.2, 0) is 9.53 Å². The van der Waals surface area contributed by atoms with Crippen LogP contribution in [0.5, 0.6) is 0 Å². The first-order valence-electron chi connectivity index (χ1n) is 6.18. The molecule has 0 aromatic rings. The number of imide groups is 1. The third-order valence-corrected chi connectivity index (χ3v) is 4.96. The lowest BCUT2D eigenvalue weighted by Gasteiger charge is -2.37. The highest BCUT2D eigenvalue weighted by molar-refractivity contribution is 9.09. The maximum Gasteiger partial charge on any atom is 0.325 e. The molecule has 0 aliphatic carbocycles. The Hall–Kier alpha value is -0.620. The molecule has 0 unspecified atom stereocenters. The molecule has 0 saturated carbocycles. The number of rotatable bonds is 3. The maximum atomic E-state index is 12.2. The van der Waals surface area contributed by atoms with Crippen molar-refractivity contribution in [2.45, 2.75) is 32.2 Å². The van der Waals surface area contributed by atoms with Gasteiger partial charge >= 0.3 is 6.03 Å². The lowest BCUT2D eigenvalue weighted by atomic mass is 9.81. The Morgan fingerprint density at radius 3 is 2.39 bits per heavy atom. The van der Waals surface area contributed by atoms with Gasteiger partial charge in [-0.15, -0.1) is 0 Å². The summed E-state index contributed by atoms with van der Waals surface area (Å²) in [6.45, 7) is 5.32. The predicted octanol–water partition coefficient (Wildman–Crippen LogP) is 1.51. The predicted molar refractivity (Wildman–Crippen MR) is 70.6 cm³/mol. The highest BCUT2D eigenvalue weighted by atomic mass is 79.9. The summed E-state index contributed by atoms with van der Waals surface area (Å²) in [6.07, 6.45) is 1.74. The number of amides is 3. The molecule has 0 bridgehead atoms. The average Bonchev–Trinajstić information content (AvgIpc) is 2.53. The van der Waals surface area contributed by atoms with Gasteiger partial charge in [0.2, 0.25) is 0 Å². The zero-order chi connectivity index (χ0) is 13.4. The van der Waals surface area contributed by atoms with Crippen molar-refractivity contribution in [2.24, 2.45) is 5.41 Å². The fraction of sp³-hybridized carbons (Fsp3) is 0.833. The topological polar surface area (TPSA) is 58.6 Å². The van der Waals surface area contributed by atoms with E-state index in [1.807, 2.05) is 0 Å². The first-order chi connectivity index (χ1) is 8.40. The summed E-state index contributed by atoms with van der Waals surface area (Å²) in [4.78, 5) is 25.4. The van der Waals surface area contributed by atoms with Crippen molar-refractivity contribution in [2.75, 3.05) is 25.1 Å². The molecular formula is C12H19BrN2O3. The van der Waals surface area contributed by atoms with Crippen molar-refractivity contribution >= 4 is 27.9 Å². The van der Waals surface area contributed by atoms with Crippen LogP contribution in [0.15, 0.2) is 0 Å². The number of nitrogens with one attached hydrogen (secondary N) is 1. The van der Waals surface area contributed by atoms with Crippen molar-refractivity contribution in [1.29, 1.82) is 0 Å². The fourth-order valence-corrected chi connectivity index (χ4v) is 3.17. The van der Waals surface area contributed by atoms with Crippen LogP contribution in [0.2, 0.25) is 0 Å². The second-order valence-corrected chi connectivity index (χ2v) is 6.25. The van der Waals surface area contributed by atoms with E-state index in [4.69, 9.17) is 4.74 Å². The van der Waals surface area contributed by atoms with Gasteiger partial charge in [-0.05, 0) is 26.7 Å². The van der Waals surface area contributed by atoms with E-state index < -0.39 is 5.54 Å². The summed E-state index contributed by atoms with van der Waals surface area (Å²) >= 11 is 3.52. The van der Waals surface area contributed by atoms with Gasteiger partial charge in [-0.2, -0.15) is 0 Å². The molecule has 0 aromatic carbocycles. The van der Waals surface area contributed by atoms with Crippen molar-refractivity contribution < 1.29 is 14.3 Å². The summed E-state index contributed by atoms with van der Waals surface area (Å²) in [5.74, 6) is -0.140. The molecule has 18 heavy (non-hydrogen) atoms. The molecule has 2 rings (SSSR count). The van der Waals surface area contributed by atoms with Crippen LogP contribution < -0.4 is 5.32 Å². The molecule has 2 aliphatic heterocycles. The minimum absolute atomic E-state index is 0.0499. The first kappa shape index (κ1) is 13.8. The van der Waals surface area contributed by atoms with Crippen LogP contribution in [0, 0.1) is 5.41 Å². The van der Waals surface area contributed by atoms with E-state index in [1.165, 1.54) is 4.90 Å². The molecule has 6 heteroatoms. The van der Waals surface area contributed by atoms with E-state index in [1.54, 1.807) is 13.8 Å². The number of carbonyl (C=O) groups is 2. The molecule has 0 radical (unpaired) electrons. The molecule has 2 fully saturated rings. The molecule has 2 aliphatic rings. The zero-order valence-electron chi connectivity index (χ0n) is 10.8. The van der Waals surface area contributed by atoms with Gasteiger partial charge in [0.15, 0.2) is 0 Å². The number of ether oxygens (including phenoxy) is 1. The molecule has 2 heterocycles. The van der Waals surface area contributed by atoms with E-state index in [0.717, 1.165) is 18.2 Å². The number of halogens is 1. The van der Waals surface area contributed by atoms with Crippen LogP contribution in [0.1, 0.15) is 26.7 Å². The van der Waals surface area contributed by atoms with Crippen LogP contribution >= 0.6 is 15.9 Å². The molecule has 1 N–H and O–H groups in total. The third-order valence-electron chi connectivity index (χ3n) is 3.77. The summed E-state index contributed by atoms with van der Waals surface area (Å²) in [5.41, 5.74) is -0.832. The Bertz CT molecular complexity index is 364. The summed E-state index contributed by atoms with van der Waals surface area (Å²) in [7, 11) is 0. The molecule has 2 saturated heterocycles. The van der Waals surface area contributed by atoms with Gasteiger partial charge in [0.1, 0.15) is 5.54 Å². The van der Waals surface area contributed by atoms with Gasteiger partial charge in [0, 0.05) is 30.5 Å². The Balaban J connectivity index is 2.12. The Labute approximate surface area is 115 Å². The summed E-state index contributed by atoms with van der Waals surface area (Å²) in [5, 5.41) is 3.49. The molecule has 3 amide bonds. The van der Waals surface area contributed by atoms with Crippen LogP contribution in [0.25, 0.3) is 0 Å². The van der Waals surface area contributed by atoms with E-state index in [2.05, 4.69) is 21.2 Å². The fourth-order valence-electron chi connectivity index (χ4n) is 2.44. The van der Waals surface area contributed by atoms with E-state index in [9.17, 15) is 9.59 Å². The average molecular weight is 319 g/mol. The Morgan fingerprint density at radius 2 is 1.94 bits per heavy atom. The minimum atomic E-state index is -0.782. The van der Waals surface area contributed by atoms with Gasteiger partial charge in [0.25, 0.3) is 5.91 Å². The Morgan fingerprint density at radius 1 is 1.33 bits per heavy atom. The van der Waals surface area contributed by atoms with Crippen molar-refractivity contribution in [3.8, 4) is 0 Å². The van der Waals surface area contributed by atoms with Gasteiger partial charge < -0.3 is 10.1 Å². The quantitative estimate of drug-likeness (QED) is 0.634. The van der Waals surface area contributed by atoms with Gasteiger partial charge in [0.05, 0.1) is 0 Å². The normalized spacial score (nSPS) is 26.3. The van der Waals surface area contributed by atoms with Crippen LogP contribution in [0.4, 0.5) is 4.79 Å². The minimum Gasteiger partial charge on any atom is -0.381 e. The van der Waals surface area contributed by atoms with Crippen molar-refractivity contribution in [3.05, 3.63) is 0 Å². The van der Waals surface area contributed by atoms with E-state index in [0.29, 0.717) is 19.8 Å². The smallest absolute Gasteiger partial charge is 0.325 e. The van der Waals surface area contributed by atoms with E-state index >= 15 is 0 Å². The zero-order valence-corrected chi connectivity index (χ0v) is 12.4. The largest absolute Gasteiger partial charge is 0.381 e. The highest BCUT2D eigenvalue weighted by Gasteiger charge is 2.47. The number of urea groups is 1. The highest BCUT2D eigenvalue weighted by Crippen LogP contribution is 2.35. The second kappa shape index (κ2) is 4.81. The monoisotopic (exact) mass is 318 g/mol. The lowest BCUT2D eigenvalue weighted by Crippen LogP contribution is -2.46. The molecule has 102 valence electrons. The SMILES string of the molecule is CC1(C)NC(=O)N(CC2(CBr)CCOCC2)C1=O. The Kier molecular flexibility index (Phi) is 3.69. The van der Waals surface area contributed by atoms with Crippen LogP contribution in [-0.4, -0.2) is 47.5 Å². The number of hydrogen-bond acceptors (Lipinski definition) is 3. The van der Waals surface area contributed by atoms with Crippen molar-refractivity contribution in [3.63, 3.8) is 0 Å². The lowest BCUT2D eigenvalue weighted by molar-refractivity contribution is -0.131. The van der Waals surface area contributed by atoms with E-state index in [-0.39, 0.29) is 17.4 Å². The number of alkyl halides is 1. The standard InChI is InChI=1S/C12H19BrN2O3/c1-11(2)9(16)15(10(17)14-11)8-12(7-13)3-5-18-6-4-12/h3-8H2,1-2H3,(H,14,17). The first-order valence-corrected chi connectivity index (χ1v) is 7.30. The van der Waals surface area contributed by atoms with Crippen molar-refractivity contribution in [1.82, 2.24) is 10.2 Å². The maximum absolute atomic E-state index is 12.2. The van der Waals surface area contributed by atoms with Gasteiger partial charge in [-0.3, -0.25) is 9.69 Å². The van der Waals surface area contributed by atoms with Gasteiger partial charge in [-0.1, -0.05) is 15.9 Å². The third kappa shape index (κ3) is 2.40. The number of carbonyl (C=O) groups excluding carboxylic acids is 2. The number of nitrogens with zero attached hydrogens (tertiary/aromatic N) is 1. The molecular weight excluding hydrogens is 300 g/mol. The summed E-state index contributed by atoms with van der Waals surface area (Å²) < 4.78 is 5.36. The molecule has 0 aromatic heterocycles. The summed E-state index contributed by atoms with van der Waals surface area (Å²) in [6, 6.07) is -0.281. The number of hydrogen-bond donors (Lipinski definition) is 1. The molecule has 0 atom stereocenters.